The van der Waals surface area contributed by atoms with Crippen molar-refractivity contribution in [1.29, 1.82) is 0 Å². The van der Waals surface area contributed by atoms with Crippen LogP contribution >= 0.6 is 0 Å². The zero-order valence-corrected chi connectivity index (χ0v) is 17.2. The summed E-state index contributed by atoms with van der Waals surface area (Å²) in [6.07, 6.45) is 0. The predicted octanol–water partition coefficient (Wildman–Crippen LogP) is 2.33. The number of amides is 3. The van der Waals surface area contributed by atoms with Crippen molar-refractivity contribution in [2.24, 2.45) is 0 Å². The van der Waals surface area contributed by atoms with Gasteiger partial charge in [-0.3, -0.25) is 14.4 Å². The summed E-state index contributed by atoms with van der Waals surface area (Å²) in [6, 6.07) is 14.5. The number of ether oxygens (including phenoxy) is 1. The molecule has 0 atom stereocenters. The van der Waals surface area contributed by atoms with E-state index in [1.54, 1.807) is 31.2 Å². The monoisotopic (exact) mass is 410 g/mol. The van der Waals surface area contributed by atoms with E-state index in [1.807, 2.05) is 29.2 Å². The standard InChI is InChI=1S/C22H26N4O4/c1-16(27)23-18-4-3-5-19(14-18)24-22(29)15-30-21-8-6-20(7-9-21)26-12-10-25(11-13-26)17(2)28/h3-9,14H,10-13,15H2,1-2H3,(H,23,27)(H,24,29). The number of carbonyl (C=O) groups is 3. The molecule has 0 aromatic heterocycles. The Bertz CT molecular complexity index is 906. The van der Waals surface area contributed by atoms with Gasteiger partial charge in [0, 0.05) is 57.1 Å². The number of hydrogen-bond donors (Lipinski definition) is 2. The van der Waals surface area contributed by atoms with Crippen molar-refractivity contribution in [3.63, 3.8) is 0 Å². The Balaban J connectivity index is 1.47. The molecule has 1 fully saturated rings. The molecule has 0 aliphatic carbocycles. The van der Waals surface area contributed by atoms with Crippen molar-refractivity contribution >= 4 is 34.8 Å². The van der Waals surface area contributed by atoms with Crippen LogP contribution in [-0.4, -0.2) is 55.4 Å². The Morgan fingerprint density at radius 2 is 1.53 bits per heavy atom. The molecule has 30 heavy (non-hydrogen) atoms. The van der Waals surface area contributed by atoms with Crippen molar-refractivity contribution < 1.29 is 19.1 Å². The average molecular weight is 410 g/mol. The first-order valence-electron chi connectivity index (χ1n) is 9.81. The second-order valence-electron chi connectivity index (χ2n) is 7.09. The lowest BCUT2D eigenvalue weighted by molar-refractivity contribution is -0.129. The van der Waals surface area contributed by atoms with Gasteiger partial charge in [-0.05, 0) is 42.5 Å². The minimum atomic E-state index is -0.292. The highest BCUT2D eigenvalue weighted by Crippen LogP contribution is 2.21. The molecule has 1 aliphatic rings. The molecule has 1 saturated heterocycles. The molecular formula is C22H26N4O4. The van der Waals surface area contributed by atoms with Gasteiger partial charge in [0.1, 0.15) is 5.75 Å². The summed E-state index contributed by atoms with van der Waals surface area (Å²) in [7, 11) is 0. The van der Waals surface area contributed by atoms with Crippen molar-refractivity contribution in [2.45, 2.75) is 13.8 Å². The molecule has 1 heterocycles. The summed E-state index contributed by atoms with van der Waals surface area (Å²) in [5, 5.41) is 5.42. The lowest BCUT2D eigenvalue weighted by atomic mass is 10.2. The molecule has 2 aromatic rings. The second-order valence-corrected chi connectivity index (χ2v) is 7.09. The van der Waals surface area contributed by atoms with Crippen LogP contribution in [0.2, 0.25) is 0 Å². The van der Waals surface area contributed by atoms with Crippen molar-refractivity contribution in [3.8, 4) is 5.75 Å². The molecule has 158 valence electrons. The Hall–Kier alpha value is -3.55. The first-order valence-corrected chi connectivity index (χ1v) is 9.81. The van der Waals surface area contributed by atoms with Crippen LogP contribution < -0.4 is 20.3 Å². The second kappa shape index (κ2) is 9.78. The maximum Gasteiger partial charge on any atom is 0.262 e. The van der Waals surface area contributed by atoms with E-state index >= 15 is 0 Å². The molecular weight excluding hydrogens is 384 g/mol. The van der Waals surface area contributed by atoms with Crippen LogP contribution in [0.25, 0.3) is 0 Å². The molecule has 0 radical (unpaired) electrons. The van der Waals surface area contributed by atoms with Crippen molar-refractivity contribution in [3.05, 3.63) is 48.5 Å². The fraction of sp³-hybridized carbons (Fsp3) is 0.318. The SMILES string of the molecule is CC(=O)Nc1cccc(NC(=O)COc2ccc(N3CCN(C(C)=O)CC3)cc2)c1. The number of nitrogens with one attached hydrogen (secondary N) is 2. The van der Waals surface area contributed by atoms with Gasteiger partial charge in [0.15, 0.2) is 6.61 Å². The number of nitrogens with zero attached hydrogens (tertiary/aromatic N) is 2. The van der Waals surface area contributed by atoms with Crippen LogP contribution in [-0.2, 0) is 14.4 Å². The number of piperazine rings is 1. The summed E-state index contributed by atoms with van der Waals surface area (Å²) in [4.78, 5) is 38.8. The molecule has 8 nitrogen and oxygen atoms in total. The third-order valence-corrected chi connectivity index (χ3v) is 4.76. The molecule has 0 saturated carbocycles. The highest BCUT2D eigenvalue weighted by molar-refractivity contribution is 5.94. The van der Waals surface area contributed by atoms with Gasteiger partial charge in [0.05, 0.1) is 0 Å². The summed E-state index contributed by atoms with van der Waals surface area (Å²) in [5.74, 6) is 0.243. The van der Waals surface area contributed by atoms with Gasteiger partial charge in [-0.15, -0.1) is 0 Å². The Morgan fingerprint density at radius 3 is 2.13 bits per heavy atom. The number of rotatable bonds is 6. The van der Waals surface area contributed by atoms with Crippen LogP contribution in [0.1, 0.15) is 13.8 Å². The fourth-order valence-electron chi connectivity index (χ4n) is 3.26. The van der Waals surface area contributed by atoms with E-state index in [9.17, 15) is 14.4 Å². The number of hydrogen-bond acceptors (Lipinski definition) is 5. The van der Waals surface area contributed by atoms with Gasteiger partial charge in [-0.25, -0.2) is 0 Å². The van der Waals surface area contributed by atoms with Gasteiger partial charge >= 0.3 is 0 Å². The predicted molar refractivity (Wildman–Crippen MR) is 116 cm³/mol. The minimum absolute atomic E-state index is 0.110. The summed E-state index contributed by atoms with van der Waals surface area (Å²) in [5.41, 5.74) is 2.25. The first kappa shape index (κ1) is 21.2. The topological polar surface area (TPSA) is 91.0 Å². The fourth-order valence-corrected chi connectivity index (χ4v) is 3.26. The summed E-state index contributed by atoms with van der Waals surface area (Å²) < 4.78 is 5.57. The van der Waals surface area contributed by atoms with E-state index in [1.165, 1.54) is 6.92 Å². The van der Waals surface area contributed by atoms with Crippen LogP contribution in [0.3, 0.4) is 0 Å². The Kier molecular flexibility index (Phi) is 6.90. The average Bonchev–Trinajstić information content (AvgIpc) is 2.72. The van der Waals surface area contributed by atoms with Gasteiger partial charge in [0.25, 0.3) is 5.91 Å². The highest BCUT2D eigenvalue weighted by atomic mass is 16.5. The minimum Gasteiger partial charge on any atom is -0.484 e. The molecule has 0 bridgehead atoms. The van der Waals surface area contributed by atoms with Gasteiger partial charge < -0.3 is 25.2 Å². The zero-order valence-electron chi connectivity index (χ0n) is 17.2. The van der Waals surface area contributed by atoms with Gasteiger partial charge in [-0.1, -0.05) is 6.07 Å². The van der Waals surface area contributed by atoms with E-state index in [-0.39, 0.29) is 24.3 Å². The van der Waals surface area contributed by atoms with Gasteiger partial charge in [0.2, 0.25) is 11.8 Å². The lowest BCUT2D eigenvalue weighted by Gasteiger charge is -2.35. The third-order valence-electron chi connectivity index (χ3n) is 4.76. The quantitative estimate of drug-likeness (QED) is 0.763. The number of benzene rings is 2. The molecule has 3 rings (SSSR count). The largest absolute Gasteiger partial charge is 0.484 e. The summed E-state index contributed by atoms with van der Waals surface area (Å²) in [6.45, 7) is 5.92. The number of anilines is 3. The lowest BCUT2D eigenvalue weighted by Crippen LogP contribution is -2.48. The van der Waals surface area contributed by atoms with Crippen LogP contribution in [0.5, 0.6) is 5.75 Å². The van der Waals surface area contributed by atoms with E-state index in [2.05, 4.69) is 15.5 Å². The zero-order chi connectivity index (χ0) is 21.5. The normalized spacial score (nSPS) is 13.5. The highest BCUT2D eigenvalue weighted by Gasteiger charge is 2.18. The molecule has 8 heteroatoms. The Morgan fingerprint density at radius 1 is 0.900 bits per heavy atom. The Labute approximate surface area is 175 Å². The first-order chi connectivity index (χ1) is 14.4. The van der Waals surface area contributed by atoms with Crippen LogP contribution in [0, 0.1) is 0 Å². The molecule has 3 amide bonds. The van der Waals surface area contributed by atoms with Crippen LogP contribution in [0.4, 0.5) is 17.1 Å². The van der Waals surface area contributed by atoms with E-state index < -0.39 is 0 Å². The van der Waals surface area contributed by atoms with E-state index in [0.29, 0.717) is 17.1 Å². The molecule has 0 spiro atoms. The number of carbonyl (C=O) groups excluding carboxylic acids is 3. The van der Waals surface area contributed by atoms with E-state index in [0.717, 1.165) is 31.9 Å². The maximum atomic E-state index is 12.2. The van der Waals surface area contributed by atoms with Gasteiger partial charge in [-0.2, -0.15) is 0 Å². The molecule has 1 aliphatic heterocycles. The van der Waals surface area contributed by atoms with Crippen LogP contribution in [0.15, 0.2) is 48.5 Å². The summed E-state index contributed by atoms with van der Waals surface area (Å²) >= 11 is 0. The van der Waals surface area contributed by atoms with Crippen molar-refractivity contribution in [2.75, 3.05) is 48.3 Å². The smallest absolute Gasteiger partial charge is 0.262 e. The molecule has 0 unspecified atom stereocenters. The maximum absolute atomic E-state index is 12.2. The van der Waals surface area contributed by atoms with Crippen molar-refractivity contribution in [1.82, 2.24) is 4.90 Å². The third kappa shape index (κ3) is 5.97. The molecule has 2 N–H and O–H groups in total. The molecule has 2 aromatic carbocycles. The van der Waals surface area contributed by atoms with E-state index in [4.69, 9.17) is 4.74 Å².